The number of anilines is 1. The van der Waals surface area contributed by atoms with E-state index in [0.717, 1.165) is 7.14 Å². The topological polar surface area (TPSA) is 71.3 Å². The first-order chi connectivity index (χ1) is 12.5. The highest BCUT2D eigenvalue weighted by molar-refractivity contribution is 14.1. The van der Waals surface area contributed by atoms with Gasteiger partial charge in [-0.15, -0.1) is 0 Å². The van der Waals surface area contributed by atoms with Gasteiger partial charge in [-0.2, -0.15) is 5.26 Å². The summed E-state index contributed by atoms with van der Waals surface area (Å²) in [5.74, 6) is 0.746. The number of benzene rings is 2. The Labute approximate surface area is 179 Å². The third-order valence-electron chi connectivity index (χ3n) is 3.33. The fourth-order valence-corrected chi connectivity index (χ4v) is 3.57. The molecule has 134 valence electrons. The van der Waals surface area contributed by atoms with E-state index in [9.17, 15) is 10.1 Å². The van der Waals surface area contributed by atoms with Gasteiger partial charge in [-0.1, -0.05) is 12.1 Å². The fourth-order valence-electron chi connectivity index (χ4n) is 2.20. The highest BCUT2D eigenvalue weighted by Crippen LogP contribution is 2.34. The molecule has 0 aliphatic heterocycles. The number of hydrogen-bond acceptors (Lipinski definition) is 4. The summed E-state index contributed by atoms with van der Waals surface area (Å²) in [4.78, 5) is 12.5. The molecule has 0 heterocycles. The van der Waals surface area contributed by atoms with Crippen LogP contribution in [0.15, 0.2) is 42.0 Å². The van der Waals surface area contributed by atoms with Crippen molar-refractivity contribution in [2.45, 2.75) is 6.92 Å². The van der Waals surface area contributed by atoms with Gasteiger partial charge in [-0.3, -0.25) is 4.79 Å². The Hall–Kier alpha value is -1.80. The molecule has 0 saturated carbocycles. The second-order valence-electron chi connectivity index (χ2n) is 5.07. The molecule has 7 heteroatoms. The molecule has 0 fully saturated rings. The molecule has 0 atom stereocenters. The maximum absolute atomic E-state index is 12.5. The van der Waals surface area contributed by atoms with Gasteiger partial charge in [0, 0.05) is 3.57 Å². The minimum atomic E-state index is -0.458. The Kier molecular flexibility index (Phi) is 7.71. The molecule has 2 aromatic carbocycles. The fraction of sp³-hybridized carbons (Fsp3) is 0.158. The van der Waals surface area contributed by atoms with Crippen LogP contribution in [0, 0.1) is 18.5 Å². The van der Waals surface area contributed by atoms with Gasteiger partial charge in [0.15, 0.2) is 11.5 Å². The third-order valence-corrected chi connectivity index (χ3v) is 5.08. The van der Waals surface area contributed by atoms with E-state index in [0.29, 0.717) is 29.4 Å². The van der Waals surface area contributed by atoms with Gasteiger partial charge in [-0.25, -0.2) is 0 Å². The summed E-state index contributed by atoms with van der Waals surface area (Å²) < 4.78 is 12.7. The van der Waals surface area contributed by atoms with E-state index in [2.05, 4.69) is 50.5 Å². The zero-order valence-corrected chi connectivity index (χ0v) is 18.5. The number of nitrogens with zero attached hydrogens (tertiary/aromatic N) is 1. The highest BCUT2D eigenvalue weighted by Gasteiger charge is 2.14. The lowest BCUT2D eigenvalue weighted by molar-refractivity contribution is -0.112. The molecule has 0 aliphatic rings. The summed E-state index contributed by atoms with van der Waals surface area (Å²) in [6.45, 7) is 2.36. The van der Waals surface area contributed by atoms with Crippen molar-refractivity contribution in [3.63, 3.8) is 0 Å². The van der Waals surface area contributed by atoms with Crippen LogP contribution in [0.2, 0.25) is 0 Å². The summed E-state index contributed by atoms with van der Waals surface area (Å²) in [5, 5.41) is 12.2. The second kappa shape index (κ2) is 9.78. The summed E-state index contributed by atoms with van der Waals surface area (Å²) in [6.07, 6.45) is 1.54. The van der Waals surface area contributed by atoms with Crippen molar-refractivity contribution >= 4 is 62.9 Å². The van der Waals surface area contributed by atoms with Gasteiger partial charge in [0.25, 0.3) is 5.91 Å². The van der Waals surface area contributed by atoms with Crippen LogP contribution in [0.3, 0.4) is 0 Å². The Balaban J connectivity index is 2.35. The lowest BCUT2D eigenvalue weighted by Gasteiger charge is -2.12. The SMILES string of the molecule is CCOc1cc(/C=C(/C#N)C(=O)Nc2ccccc2I)cc(I)c1OC. The Bertz CT molecular complexity index is 889. The molecule has 0 bridgehead atoms. The first kappa shape index (κ1) is 20.5. The first-order valence-corrected chi connectivity index (χ1v) is 9.83. The van der Waals surface area contributed by atoms with Gasteiger partial charge >= 0.3 is 0 Å². The van der Waals surface area contributed by atoms with E-state index in [-0.39, 0.29) is 5.57 Å². The van der Waals surface area contributed by atoms with Crippen molar-refractivity contribution in [1.82, 2.24) is 0 Å². The van der Waals surface area contributed by atoms with Gasteiger partial charge in [0.1, 0.15) is 11.6 Å². The number of carbonyl (C=O) groups is 1. The lowest BCUT2D eigenvalue weighted by atomic mass is 10.1. The molecule has 1 amide bonds. The maximum Gasteiger partial charge on any atom is 0.266 e. The number of para-hydroxylation sites is 1. The molecular formula is C19H16I2N2O3. The molecule has 26 heavy (non-hydrogen) atoms. The smallest absolute Gasteiger partial charge is 0.266 e. The third kappa shape index (κ3) is 5.11. The van der Waals surface area contributed by atoms with E-state index in [1.807, 2.05) is 37.3 Å². The van der Waals surface area contributed by atoms with Crippen molar-refractivity contribution in [3.05, 3.63) is 54.7 Å². The zero-order valence-electron chi connectivity index (χ0n) is 14.2. The summed E-state index contributed by atoms with van der Waals surface area (Å²) in [6, 6.07) is 12.9. The van der Waals surface area contributed by atoms with Crippen molar-refractivity contribution in [2.75, 3.05) is 19.0 Å². The molecule has 0 spiro atoms. The number of ether oxygens (including phenoxy) is 2. The molecule has 1 N–H and O–H groups in total. The number of methoxy groups -OCH3 is 1. The van der Waals surface area contributed by atoms with Gasteiger partial charge < -0.3 is 14.8 Å². The van der Waals surface area contributed by atoms with Crippen LogP contribution in [0.1, 0.15) is 12.5 Å². The van der Waals surface area contributed by atoms with Crippen molar-refractivity contribution in [1.29, 1.82) is 5.26 Å². The molecular weight excluding hydrogens is 558 g/mol. The number of nitrogens with one attached hydrogen (secondary N) is 1. The van der Waals surface area contributed by atoms with Crippen LogP contribution in [0.25, 0.3) is 6.08 Å². The van der Waals surface area contributed by atoms with Crippen LogP contribution in [0.4, 0.5) is 5.69 Å². The van der Waals surface area contributed by atoms with Gasteiger partial charge in [-0.05, 0) is 88.0 Å². The Morgan fingerprint density at radius 2 is 2.00 bits per heavy atom. The van der Waals surface area contributed by atoms with Crippen LogP contribution in [-0.2, 0) is 4.79 Å². The van der Waals surface area contributed by atoms with Crippen LogP contribution in [-0.4, -0.2) is 19.6 Å². The van der Waals surface area contributed by atoms with Crippen LogP contribution >= 0.6 is 45.2 Å². The number of rotatable bonds is 6. The highest BCUT2D eigenvalue weighted by atomic mass is 127. The minimum Gasteiger partial charge on any atom is -0.492 e. The average molecular weight is 574 g/mol. The van der Waals surface area contributed by atoms with E-state index < -0.39 is 5.91 Å². The quantitative estimate of drug-likeness (QED) is 0.305. The molecule has 0 aromatic heterocycles. The van der Waals surface area contributed by atoms with E-state index >= 15 is 0 Å². The molecule has 0 aliphatic carbocycles. The second-order valence-corrected chi connectivity index (χ2v) is 7.40. The normalized spacial score (nSPS) is 10.8. The summed E-state index contributed by atoms with van der Waals surface area (Å²) in [5.41, 5.74) is 1.36. The molecule has 2 rings (SSSR count). The number of carbonyl (C=O) groups excluding carboxylic acids is 1. The van der Waals surface area contributed by atoms with E-state index in [1.54, 1.807) is 19.2 Å². The van der Waals surface area contributed by atoms with Crippen LogP contribution in [0.5, 0.6) is 11.5 Å². The largest absolute Gasteiger partial charge is 0.492 e. The number of nitriles is 1. The van der Waals surface area contributed by atoms with Crippen LogP contribution < -0.4 is 14.8 Å². The van der Waals surface area contributed by atoms with Crippen molar-refractivity contribution < 1.29 is 14.3 Å². The number of halogens is 2. The molecule has 0 unspecified atom stereocenters. The predicted octanol–water partition coefficient (Wildman–Crippen LogP) is 4.85. The molecule has 0 saturated heterocycles. The summed E-state index contributed by atoms with van der Waals surface area (Å²) in [7, 11) is 1.57. The molecule has 5 nitrogen and oxygen atoms in total. The Morgan fingerprint density at radius 1 is 1.27 bits per heavy atom. The van der Waals surface area contributed by atoms with Gasteiger partial charge in [0.05, 0.1) is 23.0 Å². The minimum absolute atomic E-state index is 0.00747. The van der Waals surface area contributed by atoms with Gasteiger partial charge in [0.2, 0.25) is 0 Å². The van der Waals surface area contributed by atoms with Crippen molar-refractivity contribution in [2.24, 2.45) is 0 Å². The Morgan fingerprint density at radius 3 is 2.62 bits per heavy atom. The predicted molar refractivity (Wildman–Crippen MR) is 118 cm³/mol. The monoisotopic (exact) mass is 574 g/mol. The average Bonchev–Trinajstić information content (AvgIpc) is 2.61. The number of amides is 1. The first-order valence-electron chi connectivity index (χ1n) is 7.68. The standard InChI is InChI=1S/C19H16I2N2O3/c1-3-26-17-10-12(9-15(21)18(17)25-2)8-13(11-22)19(24)23-16-7-5-4-6-14(16)20/h4-10H,3H2,1-2H3,(H,23,24)/b13-8-. The molecule has 2 aromatic rings. The van der Waals surface area contributed by atoms with E-state index in [4.69, 9.17) is 9.47 Å². The maximum atomic E-state index is 12.5. The lowest BCUT2D eigenvalue weighted by Crippen LogP contribution is -2.14. The summed E-state index contributed by atoms with van der Waals surface area (Å²) >= 11 is 4.26. The molecule has 0 radical (unpaired) electrons. The van der Waals surface area contributed by atoms with E-state index in [1.165, 1.54) is 6.08 Å². The van der Waals surface area contributed by atoms with Crippen molar-refractivity contribution in [3.8, 4) is 17.6 Å². The zero-order chi connectivity index (χ0) is 19.1. The number of hydrogen-bond donors (Lipinski definition) is 1.